The van der Waals surface area contributed by atoms with Crippen molar-refractivity contribution in [1.82, 2.24) is 4.98 Å². The number of thioether (sulfide) groups is 1. The van der Waals surface area contributed by atoms with Crippen LogP contribution in [0, 0.1) is 5.92 Å². The molecule has 2 fully saturated rings. The van der Waals surface area contributed by atoms with Gasteiger partial charge in [-0.3, -0.25) is 9.78 Å². The molecule has 2 aliphatic rings. The highest BCUT2D eigenvalue weighted by atomic mass is 32.2. The fourth-order valence-corrected chi connectivity index (χ4v) is 5.38. The fourth-order valence-electron chi connectivity index (χ4n) is 3.60. The molecule has 2 atom stereocenters. The summed E-state index contributed by atoms with van der Waals surface area (Å²) in [5.41, 5.74) is 0.819. The Labute approximate surface area is 123 Å². The molecule has 102 valence electrons. The molecule has 0 aliphatic carbocycles. The topological polar surface area (TPSA) is 30.0 Å². The van der Waals surface area contributed by atoms with Gasteiger partial charge < -0.3 is 0 Å². The lowest BCUT2D eigenvalue weighted by Gasteiger charge is -2.26. The summed E-state index contributed by atoms with van der Waals surface area (Å²) in [6, 6.07) is 8.06. The van der Waals surface area contributed by atoms with E-state index in [1.54, 1.807) is 6.20 Å². The van der Waals surface area contributed by atoms with E-state index in [1.807, 2.05) is 30.5 Å². The van der Waals surface area contributed by atoms with Crippen LogP contribution in [0.3, 0.4) is 0 Å². The van der Waals surface area contributed by atoms with E-state index in [1.165, 1.54) is 12.8 Å². The first-order chi connectivity index (χ1) is 9.81. The number of carbonyl (C=O) groups excluding carboxylic acids is 1. The van der Waals surface area contributed by atoms with Crippen molar-refractivity contribution in [2.24, 2.45) is 5.92 Å². The highest BCUT2D eigenvalue weighted by Crippen LogP contribution is 2.46. The highest BCUT2D eigenvalue weighted by Gasteiger charge is 2.38. The zero-order chi connectivity index (χ0) is 13.5. The number of hydrogen-bond acceptors (Lipinski definition) is 3. The molecule has 1 aromatic carbocycles. The van der Waals surface area contributed by atoms with Crippen molar-refractivity contribution in [1.29, 1.82) is 0 Å². The number of Topliss-reactive ketones (excluding diaryl/α,β-unsaturated/α-hetero) is 1. The second-order valence-electron chi connectivity index (χ2n) is 5.90. The van der Waals surface area contributed by atoms with Crippen LogP contribution in [-0.4, -0.2) is 21.3 Å². The molecule has 2 bridgehead atoms. The van der Waals surface area contributed by atoms with Crippen LogP contribution in [0.15, 0.2) is 36.7 Å². The lowest BCUT2D eigenvalue weighted by Crippen LogP contribution is -2.25. The lowest BCUT2D eigenvalue weighted by molar-refractivity contribution is 0.0908. The summed E-state index contributed by atoms with van der Waals surface area (Å²) in [6.07, 6.45) is 8.31. The van der Waals surface area contributed by atoms with Crippen LogP contribution < -0.4 is 0 Å². The van der Waals surface area contributed by atoms with E-state index in [9.17, 15) is 4.79 Å². The predicted molar refractivity (Wildman–Crippen MR) is 83.2 cm³/mol. The summed E-state index contributed by atoms with van der Waals surface area (Å²) in [6.45, 7) is 0. The normalized spacial score (nSPS) is 28.7. The number of carbonyl (C=O) groups is 1. The minimum absolute atomic E-state index is 0.210. The van der Waals surface area contributed by atoms with Gasteiger partial charge in [0.1, 0.15) is 0 Å². The van der Waals surface area contributed by atoms with E-state index in [0.717, 1.165) is 29.2 Å². The number of benzene rings is 1. The second kappa shape index (κ2) is 4.88. The zero-order valence-corrected chi connectivity index (χ0v) is 12.1. The quantitative estimate of drug-likeness (QED) is 0.777. The van der Waals surface area contributed by atoms with Crippen LogP contribution in [0.25, 0.3) is 10.8 Å². The second-order valence-corrected chi connectivity index (χ2v) is 7.50. The molecule has 0 amide bonds. The number of rotatable bonds is 2. The molecule has 2 unspecified atom stereocenters. The molecule has 0 saturated carbocycles. The van der Waals surface area contributed by atoms with Gasteiger partial charge >= 0.3 is 0 Å². The number of aromatic nitrogens is 1. The number of pyridine rings is 1. The van der Waals surface area contributed by atoms with E-state index < -0.39 is 0 Å². The molecular weight excluding hydrogens is 266 g/mol. The number of hydrogen-bond donors (Lipinski definition) is 0. The fraction of sp³-hybridized carbons (Fsp3) is 0.412. The molecule has 20 heavy (non-hydrogen) atoms. The van der Waals surface area contributed by atoms with Crippen LogP contribution in [0.4, 0.5) is 0 Å². The summed E-state index contributed by atoms with van der Waals surface area (Å²) in [7, 11) is 0. The van der Waals surface area contributed by atoms with Gasteiger partial charge in [-0.1, -0.05) is 24.3 Å². The molecule has 0 N–H and O–H groups in total. The molecule has 0 radical (unpaired) electrons. The van der Waals surface area contributed by atoms with Gasteiger partial charge in [0.15, 0.2) is 5.78 Å². The highest BCUT2D eigenvalue weighted by molar-refractivity contribution is 8.00. The third-order valence-corrected chi connectivity index (χ3v) is 6.22. The molecule has 4 rings (SSSR count). The summed E-state index contributed by atoms with van der Waals surface area (Å²) >= 11 is 2.10. The van der Waals surface area contributed by atoms with E-state index in [4.69, 9.17) is 0 Å². The molecule has 1 aromatic heterocycles. The van der Waals surface area contributed by atoms with Crippen LogP contribution in [0.1, 0.15) is 36.0 Å². The van der Waals surface area contributed by atoms with Gasteiger partial charge in [-0.05, 0) is 31.1 Å². The summed E-state index contributed by atoms with van der Waals surface area (Å²) < 4.78 is 0. The standard InChI is InChI=1S/C17H17NOS/c19-17(12-7-13-5-6-14(8-12)20-13)16-10-18-9-11-3-1-2-4-15(11)16/h1-4,9-10,12-14H,5-8H2. The van der Waals surface area contributed by atoms with Crippen LogP contribution in [0.5, 0.6) is 0 Å². The van der Waals surface area contributed by atoms with Crippen molar-refractivity contribution in [3.63, 3.8) is 0 Å². The minimum Gasteiger partial charge on any atom is -0.294 e. The Bertz CT molecular complexity index is 652. The third-order valence-electron chi connectivity index (χ3n) is 4.59. The maximum atomic E-state index is 12.9. The summed E-state index contributed by atoms with van der Waals surface area (Å²) in [5, 5.41) is 3.54. The van der Waals surface area contributed by atoms with Gasteiger partial charge in [0.25, 0.3) is 0 Å². The van der Waals surface area contributed by atoms with Crippen LogP contribution in [-0.2, 0) is 0 Å². The molecule has 2 aromatic rings. The Morgan fingerprint density at radius 1 is 1.10 bits per heavy atom. The van der Waals surface area contributed by atoms with Crippen molar-refractivity contribution >= 4 is 28.3 Å². The predicted octanol–water partition coefficient (Wildman–Crippen LogP) is 4.09. The van der Waals surface area contributed by atoms with Gasteiger partial charge in [0.2, 0.25) is 0 Å². The van der Waals surface area contributed by atoms with Gasteiger partial charge in [0.05, 0.1) is 0 Å². The zero-order valence-electron chi connectivity index (χ0n) is 11.3. The average Bonchev–Trinajstić information content (AvgIpc) is 2.84. The lowest BCUT2D eigenvalue weighted by atomic mass is 9.89. The van der Waals surface area contributed by atoms with Crippen LogP contribution >= 0.6 is 11.8 Å². The molecule has 0 spiro atoms. The summed E-state index contributed by atoms with van der Waals surface area (Å²) in [5.74, 6) is 0.521. The van der Waals surface area contributed by atoms with Crippen molar-refractivity contribution in [3.05, 3.63) is 42.2 Å². The first kappa shape index (κ1) is 12.4. The Morgan fingerprint density at radius 2 is 1.85 bits per heavy atom. The number of nitrogens with zero attached hydrogens (tertiary/aromatic N) is 1. The molecular formula is C17H17NOS. The van der Waals surface area contributed by atoms with Gasteiger partial charge in [-0.25, -0.2) is 0 Å². The first-order valence-electron chi connectivity index (χ1n) is 7.33. The van der Waals surface area contributed by atoms with E-state index in [-0.39, 0.29) is 5.92 Å². The van der Waals surface area contributed by atoms with Crippen molar-refractivity contribution in [3.8, 4) is 0 Å². The number of ketones is 1. The molecule has 3 heterocycles. The third kappa shape index (κ3) is 2.05. The van der Waals surface area contributed by atoms with E-state index >= 15 is 0 Å². The Hall–Kier alpha value is -1.35. The number of fused-ring (bicyclic) bond motifs is 3. The molecule has 2 saturated heterocycles. The minimum atomic E-state index is 0.210. The Kier molecular flexibility index (Phi) is 3.03. The van der Waals surface area contributed by atoms with Crippen molar-refractivity contribution < 1.29 is 4.79 Å². The van der Waals surface area contributed by atoms with Crippen molar-refractivity contribution in [2.45, 2.75) is 36.2 Å². The average molecular weight is 283 g/mol. The van der Waals surface area contributed by atoms with E-state index in [0.29, 0.717) is 16.3 Å². The van der Waals surface area contributed by atoms with Crippen LogP contribution in [0.2, 0.25) is 0 Å². The van der Waals surface area contributed by atoms with Gasteiger partial charge in [0, 0.05) is 39.8 Å². The first-order valence-corrected chi connectivity index (χ1v) is 8.28. The molecule has 2 aliphatic heterocycles. The maximum absolute atomic E-state index is 12.9. The maximum Gasteiger partial charge on any atom is 0.168 e. The molecule has 2 nitrogen and oxygen atoms in total. The smallest absolute Gasteiger partial charge is 0.168 e. The summed E-state index contributed by atoms with van der Waals surface area (Å²) in [4.78, 5) is 17.1. The van der Waals surface area contributed by atoms with Gasteiger partial charge in [-0.15, -0.1) is 0 Å². The SMILES string of the molecule is O=C(c1cncc2ccccc12)C1CC2CCC(C1)S2. The monoisotopic (exact) mass is 283 g/mol. The Balaban J connectivity index is 1.70. The molecule has 3 heteroatoms. The Morgan fingerprint density at radius 3 is 2.65 bits per heavy atom. The largest absolute Gasteiger partial charge is 0.294 e. The van der Waals surface area contributed by atoms with Gasteiger partial charge in [-0.2, -0.15) is 11.8 Å². The van der Waals surface area contributed by atoms with Crippen molar-refractivity contribution in [2.75, 3.05) is 0 Å². The van der Waals surface area contributed by atoms with E-state index in [2.05, 4.69) is 16.7 Å².